The molecule has 1 unspecified atom stereocenters. The maximum Gasteiger partial charge on any atom is 0.124 e. The number of hydrogen-bond donors (Lipinski definition) is 1. The van der Waals surface area contributed by atoms with E-state index >= 15 is 0 Å². The summed E-state index contributed by atoms with van der Waals surface area (Å²) < 4.78 is 1.04. The second kappa shape index (κ2) is 7.14. The van der Waals surface area contributed by atoms with Crippen molar-refractivity contribution in [2.45, 2.75) is 12.5 Å². The van der Waals surface area contributed by atoms with Crippen LogP contribution in [-0.4, -0.2) is 10.8 Å². The molecule has 1 atom stereocenters. The zero-order chi connectivity index (χ0) is 18.1. The molecule has 5 heteroatoms. The predicted octanol–water partition coefficient (Wildman–Crippen LogP) is 6.16. The third-order valence-electron chi connectivity index (χ3n) is 4.48. The van der Waals surface area contributed by atoms with Crippen LogP contribution in [0.25, 0.3) is 0 Å². The number of rotatable bonds is 3. The molecule has 0 spiro atoms. The summed E-state index contributed by atoms with van der Waals surface area (Å²) in [5.41, 5.74) is 3.73. The normalized spacial score (nSPS) is 16.6. The third-order valence-corrected chi connectivity index (χ3v) is 5.45. The van der Waals surface area contributed by atoms with Crippen LogP contribution < -0.4 is 5.01 Å². The van der Waals surface area contributed by atoms with Crippen molar-refractivity contribution in [2.24, 2.45) is 5.10 Å². The van der Waals surface area contributed by atoms with Gasteiger partial charge in [-0.15, -0.1) is 0 Å². The molecular formula is C21H16BrClN2O. The monoisotopic (exact) mass is 426 g/mol. The quantitative estimate of drug-likeness (QED) is 0.543. The van der Waals surface area contributed by atoms with Crippen LogP contribution in [0.1, 0.15) is 23.6 Å². The van der Waals surface area contributed by atoms with E-state index in [0.717, 1.165) is 27.0 Å². The molecule has 26 heavy (non-hydrogen) atoms. The summed E-state index contributed by atoms with van der Waals surface area (Å²) in [5.74, 6) is 0.245. The molecule has 0 aromatic heterocycles. The Morgan fingerprint density at radius 1 is 0.962 bits per heavy atom. The molecule has 3 aromatic rings. The zero-order valence-corrected chi connectivity index (χ0v) is 16.2. The number of para-hydroxylation sites is 1. The van der Waals surface area contributed by atoms with Crippen molar-refractivity contribution in [1.29, 1.82) is 0 Å². The molecule has 0 bridgehead atoms. The topological polar surface area (TPSA) is 35.8 Å². The number of phenolic OH excluding ortho intramolecular Hbond substituents is 1. The van der Waals surface area contributed by atoms with Gasteiger partial charge in [0.25, 0.3) is 0 Å². The van der Waals surface area contributed by atoms with Crippen molar-refractivity contribution in [3.05, 3.63) is 93.4 Å². The van der Waals surface area contributed by atoms with Crippen LogP contribution in [-0.2, 0) is 0 Å². The first-order valence-corrected chi connectivity index (χ1v) is 9.45. The van der Waals surface area contributed by atoms with Crippen molar-refractivity contribution in [3.8, 4) is 5.75 Å². The highest BCUT2D eigenvalue weighted by molar-refractivity contribution is 9.10. The van der Waals surface area contributed by atoms with Crippen molar-refractivity contribution < 1.29 is 5.11 Å². The molecule has 0 aliphatic carbocycles. The van der Waals surface area contributed by atoms with E-state index in [2.05, 4.69) is 22.0 Å². The average Bonchev–Trinajstić information content (AvgIpc) is 3.08. The summed E-state index contributed by atoms with van der Waals surface area (Å²) in [6.07, 6.45) is 0.697. The van der Waals surface area contributed by atoms with Gasteiger partial charge in [0.15, 0.2) is 0 Å². The SMILES string of the molecule is Oc1ccccc1C1=NN(c2ccc(Cl)cc2)C(c2ccccc2Br)C1. The molecule has 0 radical (unpaired) electrons. The standard InChI is InChI=1S/C21H16BrClN2O/c22-18-7-3-1-5-16(18)20-13-19(17-6-2-4-8-21(17)26)24-25(20)15-11-9-14(23)10-12-15/h1-12,20,26H,13H2. The molecule has 1 N–H and O–H groups in total. The maximum atomic E-state index is 10.2. The fourth-order valence-corrected chi connectivity index (χ4v) is 3.89. The van der Waals surface area contributed by atoms with Gasteiger partial charge in [-0.2, -0.15) is 5.10 Å². The van der Waals surface area contributed by atoms with Gasteiger partial charge in [0, 0.05) is 21.5 Å². The molecule has 1 aliphatic rings. The minimum absolute atomic E-state index is 0.0290. The van der Waals surface area contributed by atoms with Gasteiger partial charge in [-0.25, -0.2) is 0 Å². The van der Waals surface area contributed by atoms with Crippen molar-refractivity contribution in [3.63, 3.8) is 0 Å². The Hall–Kier alpha value is -2.30. The number of hydrogen-bond acceptors (Lipinski definition) is 3. The van der Waals surface area contributed by atoms with Crippen LogP contribution in [0.3, 0.4) is 0 Å². The summed E-state index contributed by atoms with van der Waals surface area (Å²) >= 11 is 9.71. The minimum Gasteiger partial charge on any atom is -0.507 e. The van der Waals surface area contributed by atoms with Gasteiger partial charge in [0.2, 0.25) is 0 Å². The largest absolute Gasteiger partial charge is 0.507 e. The zero-order valence-electron chi connectivity index (χ0n) is 13.8. The number of halogens is 2. The Balaban J connectivity index is 1.80. The molecule has 3 aromatic carbocycles. The van der Waals surface area contributed by atoms with Gasteiger partial charge in [-0.05, 0) is 48.0 Å². The Bertz CT molecular complexity index is 972. The Kier molecular flexibility index (Phi) is 4.70. The van der Waals surface area contributed by atoms with Crippen LogP contribution in [0.15, 0.2) is 82.4 Å². The number of anilines is 1. The van der Waals surface area contributed by atoms with E-state index in [4.69, 9.17) is 16.7 Å². The molecule has 0 amide bonds. The minimum atomic E-state index is 0.0290. The molecular weight excluding hydrogens is 412 g/mol. The summed E-state index contributed by atoms with van der Waals surface area (Å²) in [5, 5.41) is 17.8. The van der Waals surface area contributed by atoms with E-state index in [1.165, 1.54) is 0 Å². The maximum absolute atomic E-state index is 10.2. The molecule has 0 saturated heterocycles. The van der Waals surface area contributed by atoms with E-state index in [9.17, 15) is 5.11 Å². The van der Waals surface area contributed by atoms with E-state index in [0.29, 0.717) is 11.4 Å². The van der Waals surface area contributed by atoms with Crippen molar-refractivity contribution >= 4 is 38.9 Å². The summed E-state index contributed by atoms with van der Waals surface area (Å²) in [7, 11) is 0. The highest BCUT2D eigenvalue weighted by Crippen LogP contribution is 2.40. The number of benzene rings is 3. The Morgan fingerprint density at radius 2 is 1.65 bits per heavy atom. The second-order valence-electron chi connectivity index (χ2n) is 6.13. The van der Waals surface area contributed by atoms with Gasteiger partial charge in [-0.1, -0.05) is 57.9 Å². The van der Waals surface area contributed by atoms with E-state index in [1.807, 2.05) is 65.7 Å². The highest BCUT2D eigenvalue weighted by Gasteiger charge is 2.31. The molecule has 3 nitrogen and oxygen atoms in total. The lowest BCUT2D eigenvalue weighted by Crippen LogP contribution is -2.18. The summed E-state index contributed by atoms with van der Waals surface area (Å²) in [6, 6.07) is 23.2. The van der Waals surface area contributed by atoms with E-state index in [1.54, 1.807) is 6.07 Å². The smallest absolute Gasteiger partial charge is 0.124 e. The van der Waals surface area contributed by atoms with Gasteiger partial charge in [-0.3, -0.25) is 5.01 Å². The average molecular weight is 428 g/mol. The summed E-state index contributed by atoms with van der Waals surface area (Å²) in [4.78, 5) is 0. The lowest BCUT2D eigenvalue weighted by atomic mass is 9.98. The lowest BCUT2D eigenvalue weighted by Gasteiger charge is -2.24. The molecule has 0 saturated carbocycles. The molecule has 4 rings (SSSR count). The predicted molar refractivity (Wildman–Crippen MR) is 110 cm³/mol. The van der Waals surface area contributed by atoms with Crippen molar-refractivity contribution in [2.75, 3.05) is 5.01 Å². The third kappa shape index (κ3) is 3.22. The van der Waals surface area contributed by atoms with Gasteiger partial charge >= 0.3 is 0 Å². The number of nitrogens with zero attached hydrogens (tertiary/aromatic N) is 2. The second-order valence-corrected chi connectivity index (χ2v) is 7.42. The fraction of sp³-hybridized carbons (Fsp3) is 0.0952. The van der Waals surface area contributed by atoms with E-state index in [-0.39, 0.29) is 11.8 Å². The van der Waals surface area contributed by atoms with Gasteiger partial charge < -0.3 is 5.11 Å². The summed E-state index contributed by atoms with van der Waals surface area (Å²) in [6.45, 7) is 0. The van der Waals surface area contributed by atoms with Crippen LogP contribution in [0.4, 0.5) is 5.69 Å². The van der Waals surface area contributed by atoms with Crippen LogP contribution in [0.5, 0.6) is 5.75 Å². The van der Waals surface area contributed by atoms with Gasteiger partial charge in [0.05, 0.1) is 17.4 Å². The fourth-order valence-electron chi connectivity index (χ4n) is 3.21. The van der Waals surface area contributed by atoms with Crippen LogP contribution in [0, 0.1) is 0 Å². The molecule has 1 heterocycles. The van der Waals surface area contributed by atoms with E-state index < -0.39 is 0 Å². The highest BCUT2D eigenvalue weighted by atomic mass is 79.9. The van der Waals surface area contributed by atoms with Crippen LogP contribution >= 0.6 is 27.5 Å². The first-order chi connectivity index (χ1) is 12.6. The first kappa shape index (κ1) is 17.1. The van der Waals surface area contributed by atoms with Crippen molar-refractivity contribution in [1.82, 2.24) is 0 Å². The Morgan fingerprint density at radius 3 is 2.38 bits per heavy atom. The molecule has 1 aliphatic heterocycles. The number of hydrazone groups is 1. The number of aromatic hydroxyl groups is 1. The molecule has 130 valence electrons. The number of phenols is 1. The first-order valence-electron chi connectivity index (χ1n) is 8.28. The van der Waals surface area contributed by atoms with Crippen LogP contribution in [0.2, 0.25) is 5.02 Å². The van der Waals surface area contributed by atoms with Gasteiger partial charge in [0.1, 0.15) is 5.75 Å². The Labute approximate surface area is 165 Å². The molecule has 0 fully saturated rings. The lowest BCUT2D eigenvalue weighted by molar-refractivity contribution is 0.474.